The largest absolute Gasteiger partial charge is 0.492 e. The van der Waals surface area contributed by atoms with E-state index in [1.54, 1.807) is 18.2 Å². The highest BCUT2D eigenvalue weighted by molar-refractivity contribution is 6.35. The lowest BCUT2D eigenvalue weighted by Gasteiger charge is -2.09. The third kappa shape index (κ3) is 7.01. The van der Waals surface area contributed by atoms with Crippen LogP contribution in [0.1, 0.15) is 33.1 Å². The summed E-state index contributed by atoms with van der Waals surface area (Å²) >= 11 is 11.8. The molecule has 1 N–H and O–H groups in total. The monoisotopic (exact) mass is 317 g/mol. The molecule has 0 bridgehead atoms. The van der Waals surface area contributed by atoms with Gasteiger partial charge in [-0.2, -0.15) is 0 Å². The van der Waals surface area contributed by atoms with Crippen LogP contribution in [0.5, 0.6) is 5.75 Å². The van der Waals surface area contributed by atoms with Gasteiger partial charge >= 0.3 is 0 Å². The van der Waals surface area contributed by atoms with Crippen molar-refractivity contribution >= 4 is 29.1 Å². The summed E-state index contributed by atoms with van der Waals surface area (Å²) in [5.41, 5.74) is 0. The van der Waals surface area contributed by atoms with Crippen molar-refractivity contribution in [1.82, 2.24) is 5.32 Å². The standard InChI is InChI=1S/C15H21Cl2NO2/c1-11(2)7-8-18-15(19)4-3-9-20-14-6-5-12(16)10-13(14)17/h5-6,10-11H,3-4,7-9H2,1-2H3,(H,18,19). The van der Waals surface area contributed by atoms with Crippen molar-refractivity contribution in [2.45, 2.75) is 33.1 Å². The number of hydrogen-bond acceptors (Lipinski definition) is 2. The Morgan fingerprint density at radius 1 is 1.35 bits per heavy atom. The quantitative estimate of drug-likeness (QED) is 0.725. The summed E-state index contributed by atoms with van der Waals surface area (Å²) in [6, 6.07) is 5.09. The summed E-state index contributed by atoms with van der Waals surface area (Å²) in [7, 11) is 0. The minimum absolute atomic E-state index is 0.0662. The van der Waals surface area contributed by atoms with Gasteiger partial charge in [-0.1, -0.05) is 37.0 Å². The number of carbonyl (C=O) groups excluding carboxylic acids is 1. The second-order valence-electron chi connectivity index (χ2n) is 5.06. The van der Waals surface area contributed by atoms with Crippen molar-refractivity contribution in [2.75, 3.05) is 13.2 Å². The van der Waals surface area contributed by atoms with E-state index < -0.39 is 0 Å². The van der Waals surface area contributed by atoms with E-state index >= 15 is 0 Å². The van der Waals surface area contributed by atoms with Gasteiger partial charge in [0.2, 0.25) is 5.91 Å². The van der Waals surface area contributed by atoms with Gasteiger partial charge in [0.1, 0.15) is 5.75 Å². The minimum Gasteiger partial charge on any atom is -0.492 e. The van der Waals surface area contributed by atoms with Crippen LogP contribution in [0, 0.1) is 5.92 Å². The van der Waals surface area contributed by atoms with E-state index in [2.05, 4.69) is 19.2 Å². The zero-order chi connectivity index (χ0) is 15.0. The molecule has 0 saturated heterocycles. The summed E-state index contributed by atoms with van der Waals surface area (Å²) in [5.74, 6) is 1.26. The predicted molar refractivity (Wildman–Crippen MR) is 83.7 cm³/mol. The minimum atomic E-state index is 0.0662. The number of halogens is 2. The van der Waals surface area contributed by atoms with Crippen LogP contribution in [0.25, 0.3) is 0 Å². The Morgan fingerprint density at radius 3 is 2.75 bits per heavy atom. The van der Waals surface area contributed by atoms with Crippen molar-refractivity contribution in [3.8, 4) is 5.75 Å². The fraction of sp³-hybridized carbons (Fsp3) is 0.533. The fourth-order valence-electron chi connectivity index (χ4n) is 1.60. The molecule has 1 aromatic carbocycles. The van der Waals surface area contributed by atoms with Gasteiger partial charge in [0.15, 0.2) is 0 Å². The van der Waals surface area contributed by atoms with Gasteiger partial charge in [-0.3, -0.25) is 4.79 Å². The van der Waals surface area contributed by atoms with Gasteiger partial charge in [-0.15, -0.1) is 0 Å². The van der Waals surface area contributed by atoms with Crippen LogP contribution in [0.15, 0.2) is 18.2 Å². The molecule has 1 aromatic rings. The molecule has 0 atom stereocenters. The van der Waals surface area contributed by atoms with Crippen molar-refractivity contribution < 1.29 is 9.53 Å². The van der Waals surface area contributed by atoms with E-state index in [4.69, 9.17) is 27.9 Å². The van der Waals surface area contributed by atoms with E-state index in [-0.39, 0.29) is 5.91 Å². The molecule has 0 heterocycles. The molecule has 0 aliphatic rings. The molecule has 0 fully saturated rings. The van der Waals surface area contributed by atoms with Gasteiger partial charge in [-0.25, -0.2) is 0 Å². The van der Waals surface area contributed by atoms with Crippen molar-refractivity contribution in [2.24, 2.45) is 5.92 Å². The van der Waals surface area contributed by atoms with Crippen molar-refractivity contribution in [3.63, 3.8) is 0 Å². The van der Waals surface area contributed by atoms with Crippen LogP contribution in [0.4, 0.5) is 0 Å². The maximum absolute atomic E-state index is 11.5. The summed E-state index contributed by atoms with van der Waals surface area (Å²) in [6.45, 7) is 5.46. The first-order valence-corrected chi connectivity index (χ1v) is 7.59. The van der Waals surface area contributed by atoms with Gasteiger partial charge in [0, 0.05) is 18.0 Å². The lowest BCUT2D eigenvalue weighted by Crippen LogP contribution is -2.25. The van der Waals surface area contributed by atoms with Gasteiger partial charge in [-0.05, 0) is 37.0 Å². The zero-order valence-electron chi connectivity index (χ0n) is 11.9. The number of benzene rings is 1. The average Bonchev–Trinajstić information content (AvgIpc) is 2.36. The van der Waals surface area contributed by atoms with Crippen LogP contribution in [0.2, 0.25) is 10.0 Å². The number of hydrogen-bond donors (Lipinski definition) is 1. The summed E-state index contributed by atoms with van der Waals surface area (Å²) in [6.07, 6.45) is 2.12. The zero-order valence-corrected chi connectivity index (χ0v) is 13.4. The number of ether oxygens (including phenoxy) is 1. The van der Waals surface area contributed by atoms with Crippen LogP contribution in [-0.2, 0) is 4.79 Å². The Bertz CT molecular complexity index is 436. The highest BCUT2D eigenvalue weighted by atomic mass is 35.5. The highest BCUT2D eigenvalue weighted by Gasteiger charge is 2.04. The normalized spacial score (nSPS) is 10.7. The second-order valence-corrected chi connectivity index (χ2v) is 5.90. The number of rotatable bonds is 8. The van der Waals surface area contributed by atoms with Gasteiger partial charge in [0.05, 0.1) is 11.6 Å². The van der Waals surface area contributed by atoms with E-state index in [1.807, 2.05) is 0 Å². The maximum Gasteiger partial charge on any atom is 0.220 e. The van der Waals surface area contributed by atoms with Crippen LogP contribution in [-0.4, -0.2) is 19.1 Å². The Morgan fingerprint density at radius 2 is 2.10 bits per heavy atom. The topological polar surface area (TPSA) is 38.3 Å². The second kappa shape index (κ2) is 9.09. The first-order chi connectivity index (χ1) is 9.49. The van der Waals surface area contributed by atoms with Crippen LogP contribution >= 0.6 is 23.2 Å². The lowest BCUT2D eigenvalue weighted by atomic mass is 10.1. The summed E-state index contributed by atoms with van der Waals surface area (Å²) in [5, 5.41) is 3.95. The Labute approximate surface area is 130 Å². The first-order valence-electron chi connectivity index (χ1n) is 6.83. The van der Waals surface area contributed by atoms with E-state index in [0.717, 1.165) is 13.0 Å². The van der Waals surface area contributed by atoms with Gasteiger partial charge < -0.3 is 10.1 Å². The third-order valence-corrected chi connectivity index (χ3v) is 3.27. The molecule has 1 rings (SSSR count). The molecule has 3 nitrogen and oxygen atoms in total. The Kier molecular flexibility index (Phi) is 7.78. The van der Waals surface area contributed by atoms with E-state index in [1.165, 1.54) is 0 Å². The molecule has 0 spiro atoms. The Hall–Kier alpha value is -0.930. The fourth-order valence-corrected chi connectivity index (χ4v) is 2.06. The van der Waals surface area contributed by atoms with Crippen molar-refractivity contribution in [1.29, 1.82) is 0 Å². The Balaban J connectivity index is 2.16. The molecule has 1 amide bonds. The molecule has 5 heteroatoms. The highest BCUT2D eigenvalue weighted by Crippen LogP contribution is 2.27. The third-order valence-electron chi connectivity index (χ3n) is 2.74. The lowest BCUT2D eigenvalue weighted by molar-refractivity contribution is -0.121. The van der Waals surface area contributed by atoms with Crippen LogP contribution < -0.4 is 10.1 Å². The summed E-state index contributed by atoms with van der Waals surface area (Å²) < 4.78 is 5.51. The average molecular weight is 318 g/mol. The van der Waals surface area contributed by atoms with Gasteiger partial charge in [0.25, 0.3) is 0 Å². The molecule has 0 aliphatic heterocycles. The molecule has 0 aliphatic carbocycles. The summed E-state index contributed by atoms with van der Waals surface area (Å²) in [4.78, 5) is 11.5. The predicted octanol–water partition coefficient (Wildman–Crippen LogP) is 4.31. The van der Waals surface area contributed by atoms with Crippen LogP contribution in [0.3, 0.4) is 0 Å². The molecule has 0 unspecified atom stereocenters. The molecule has 0 radical (unpaired) electrons. The molecule has 0 saturated carbocycles. The maximum atomic E-state index is 11.5. The number of amides is 1. The first kappa shape index (κ1) is 17.1. The van der Waals surface area contributed by atoms with E-state index in [0.29, 0.717) is 41.2 Å². The molecular formula is C15H21Cl2NO2. The molecule has 112 valence electrons. The SMILES string of the molecule is CC(C)CCNC(=O)CCCOc1ccc(Cl)cc1Cl. The van der Waals surface area contributed by atoms with E-state index in [9.17, 15) is 4.79 Å². The molecular weight excluding hydrogens is 297 g/mol. The molecule has 0 aromatic heterocycles. The smallest absolute Gasteiger partial charge is 0.220 e. The van der Waals surface area contributed by atoms with Crippen molar-refractivity contribution in [3.05, 3.63) is 28.2 Å². The number of carbonyl (C=O) groups is 1. The number of nitrogens with one attached hydrogen (secondary N) is 1. The molecule has 20 heavy (non-hydrogen) atoms.